The van der Waals surface area contributed by atoms with Gasteiger partial charge in [0.15, 0.2) is 0 Å². The first kappa shape index (κ1) is 20.2. The molecule has 1 aromatic carbocycles. The first-order valence-electron chi connectivity index (χ1n) is 8.97. The molecule has 0 saturated carbocycles. The summed E-state index contributed by atoms with van der Waals surface area (Å²) in [7, 11) is 0. The van der Waals surface area contributed by atoms with Crippen molar-refractivity contribution >= 4 is 11.9 Å². The van der Waals surface area contributed by atoms with Crippen LogP contribution in [0.1, 0.15) is 76.3 Å². The largest absolute Gasteiger partial charge is 0.481 e. The van der Waals surface area contributed by atoms with Crippen LogP contribution in [-0.2, 0) is 9.59 Å². The van der Waals surface area contributed by atoms with Crippen molar-refractivity contribution in [3.63, 3.8) is 0 Å². The molecular formula is C20H30O4. The predicted molar refractivity (Wildman–Crippen MR) is 95.3 cm³/mol. The fourth-order valence-corrected chi connectivity index (χ4v) is 3.77. The maximum atomic E-state index is 12.0. The molecule has 1 aromatic rings. The van der Waals surface area contributed by atoms with E-state index in [-0.39, 0.29) is 11.8 Å². The van der Waals surface area contributed by atoms with Crippen LogP contribution in [0.5, 0.6) is 0 Å². The van der Waals surface area contributed by atoms with Crippen molar-refractivity contribution in [2.24, 2.45) is 11.8 Å². The Balaban J connectivity index is 3.50. The number of hydrogen-bond donors (Lipinski definition) is 2. The summed E-state index contributed by atoms with van der Waals surface area (Å²) in [5, 5.41) is 19.6. The van der Waals surface area contributed by atoms with E-state index in [1.807, 2.05) is 39.8 Å². The van der Waals surface area contributed by atoms with E-state index in [1.165, 1.54) is 0 Å². The lowest BCUT2D eigenvalue weighted by atomic mass is 9.74. The monoisotopic (exact) mass is 334 g/mol. The molecule has 2 N–H and O–H groups in total. The summed E-state index contributed by atoms with van der Waals surface area (Å²) in [6, 6.07) is 7.21. The smallest absolute Gasteiger partial charge is 0.311 e. The average molecular weight is 334 g/mol. The van der Waals surface area contributed by atoms with Gasteiger partial charge in [0.2, 0.25) is 0 Å². The molecule has 0 aliphatic heterocycles. The third-order valence-corrected chi connectivity index (χ3v) is 5.24. The molecule has 0 saturated heterocycles. The second kappa shape index (κ2) is 9.45. The lowest BCUT2D eigenvalue weighted by Gasteiger charge is -2.29. The number of rotatable bonds is 10. The van der Waals surface area contributed by atoms with Gasteiger partial charge in [-0.3, -0.25) is 9.59 Å². The lowest BCUT2D eigenvalue weighted by Crippen LogP contribution is -2.27. The molecule has 0 aromatic heterocycles. The molecule has 1 rings (SSSR count). The zero-order valence-electron chi connectivity index (χ0n) is 15.2. The fourth-order valence-electron chi connectivity index (χ4n) is 3.77. The van der Waals surface area contributed by atoms with Gasteiger partial charge in [0.05, 0.1) is 11.8 Å². The topological polar surface area (TPSA) is 74.6 Å². The standard InChI is InChI=1S/C20H30O4/c1-5-13(6-2)17(19(21)22)15-11-9-10-12-16(15)18(20(23)24)14(7-3)8-4/h9-14,17-18H,5-8H2,1-4H3,(H,21,22)(H,23,24). The Bertz CT molecular complexity index is 495. The molecule has 0 heterocycles. The van der Waals surface area contributed by atoms with Crippen molar-refractivity contribution in [3.8, 4) is 0 Å². The van der Waals surface area contributed by atoms with E-state index in [9.17, 15) is 19.8 Å². The van der Waals surface area contributed by atoms with Gasteiger partial charge in [-0.25, -0.2) is 0 Å². The van der Waals surface area contributed by atoms with Gasteiger partial charge in [0, 0.05) is 0 Å². The summed E-state index contributed by atoms with van der Waals surface area (Å²) in [5.41, 5.74) is 1.33. The first-order chi connectivity index (χ1) is 11.4. The highest BCUT2D eigenvalue weighted by Crippen LogP contribution is 2.38. The molecular weight excluding hydrogens is 304 g/mol. The van der Waals surface area contributed by atoms with Crippen molar-refractivity contribution < 1.29 is 19.8 Å². The Morgan fingerprint density at radius 2 is 1.04 bits per heavy atom. The predicted octanol–water partition coefficient (Wildman–Crippen LogP) is 4.90. The van der Waals surface area contributed by atoms with Gasteiger partial charge in [0.25, 0.3) is 0 Å². The van der Waals surface area contributed by atoms with E-state index in [4.69, 9.17) is 0 Å². The summed E-state index contributed by atoms with van der Waals surface area (Å²) in [6.07, 6.45) is 3.02. The van der Waals surface area contributed by atoms with Gasteiger partial charge >= 0.3 is 11.9 Å². The van der Waals surface area contributed by atoms with Gasteiger partial charge < -0.3 is 10.2 Å². The first-order valence-corrected chi connectivity index (χ1v) is 8.97. The van der Waals surface area contributed by atoms with Gasteiger partial charge in [-0.2, -0.15) is 0 Å². The Kier molecular flexibility index (Phi) is 7.96. The van der Waals surface area contributed by atoms with Gasteiger partial charge in [-0.1, -0.05) is 77.6 Å². The molecule has 0 amide bonds. The molecule has 0 aliphatic rings. The maximum absolute atomic E-state index is 12.0. The van der Waals surface area contributed by atoms with Crippen LogP contribution < -0.4 is 0 Å². The molecule has 0 bridgehead atoms. The lowest BCUT2D eigenvalue weighted by molar-refractivity contribution is -0.142. The van der Waals surface area contributed by atoms with Crippen LogP contribution in [0.4, 0.5) is 0 Å². The van der Waals surface area contributed by atoms with Crippen LogP contribution in [0, 0.1) is 11.8 Å². The number of benzene rings is 1. The summed E-state index contributed by atoms with van der Waals surface area (Å²) >= 11 is 0. The van der Waals surface area contributed by atoms with E-state index >= 15 is 0 Å². The van der Waals surface area contributed by atoms with Crippen molar-refractivity contribution in [2.75, 3.05) is 0 Å². The number of carbonyl (C=O) groups is 2. The van der Waals surface area contributed by atoms with E-state index in [0.29, 0.717) is 11.1 Å². The third-order valence-electron chi connectivity index (χ3n) is 5.24. The zero-order chi connectivity index (χ0) is 18.3. The summed E-state index contributed by atoms with van der Waals surface area (Å²) < 4.78 is 0. The van der Waals surface area contributed by atoms with Crippen molar-refractivity contribution in [1.82, 2.24) is 0 Å². The normalized spacial score (nSPS) is 13.9. The Labute approximate surface area is 144 Å². The third kappa shape index (κ3) is 4.37. The highest BCUT2D eigenvalue weighted by atomic mass is 16.4. The van der Waals surface area contributed by atoms with E-state index in [0.717, 1.165) is 25.7 Å². The molecule has 4 nitrogen and oxygen atoms in total. The zero-order valence-corrected chi connectivity index (χ0v) is 15.2. The van der Waals surface area contributed by atoms with Crippen LogP contribution in [0.25, 0.3) is 0 Å². The minimum Gasteiger partial charge on any atom is -0.481 e. The minimum atomic E-state index is -0.871. The number of aliphatic carboxylic acids is 2. The Morgan fingerprint density at radius 3 is 1.25 bits per heavy atom. The van der Waals surface area contributed by atoms with Crippen molar-refractivity contribution in [2.45, 2.75) is 65.2 Å². The molecule has 0 aliphatic carbocycles. The molecule has 0 radical (unpaired) electrons. The van der Waals surface area contributed by atoms with Crippen LogP contribution in [0.3, 0.4) is 0 Å². The molecule has 4 heteroatoms. The molecule has 0 spiro atoms. The van der Waals surface area contributed by atoms with E-state index < -0.39 is 23.8 Å². The fraction of sp³-hybridized carbons (Fsp3) is 0.600. The van der Waals surface area contributed by atoms with Crippen LogP contribution in [-0.4, -0.2) is 22.2 Å². The Hall–Kier alpha value is -1.84. The van der Waals surface area contributed by atoms with Gasteiger partial charge in [-0.05, 0) is 23.0 Å². The SMILES string of the molecule is CCC(CC)C(C(=O)O)c1ccccc1C(C(=O)O)C(CC)CC. The second-order valence-electron chi connectivity index (χ2n) is 6.41. The minimum absolute atomic E-state index is 0.000187. The van der Waals surface area contributed by atoms with Gasteiger partial charge in [-0.15, -0.1) is 0 Å². The molecule has 0 fully saturated rings. The Morgan fingerprint density at radius 1 is 0.750 bits per heavy atom. The molecule has 134 valence electrons. The van der Waals surface area contributed by atoms with Crippen LogP contribution >= 0.6 is 0 Å². The summed E-state index contributed by atoms with van der Waals surface area (Å²) in [6.45, 7) is 7.95. The highest BCUT2D eigenvalue weighted by Gasteiger charge is 2.35. The number of carboxylic acids is 2. The van der Waals surface area contributed by atoms with Crippen LogP contribution in [0.2, 0.25) is 0 Å². The quantitative estimate of drug-likeness (QED) is 0.638. The van der Waals surface area contributed by atoms with E-state index in [1.54, 1.807) is 12.1 Å². The van der Waals surface area contributed by atoms with Crippen molar-refractivity contribution in [3.05, 3.63) is 35.4 Å². The number of carboxylic acid groups (broad SMARTS) is 2. The van der Waals surface area contributed by atoms with Gasteiger partial charge in [0.1, 0.15) is 0 Å². The molecule has 24 heavy (non-hydrogen) atoms. The highest BCUT2D eigenvalue weighted by molar-refractivity contribution is 5.81. The summed E-state index contributed by atoms with van der Waals surface area (Å²) in [5.74, 6) is -3.06. The van der Waals surface area contributed by atoms with E-state index in [2.05, 4.69) is 0 Å². The average Bonchev–Trinajstić information content (AvgIpc) is 2.56. The number of hydrogen-bond acceptors (Lipinski definition) is 2. The van der Waals surface area contributed by atoms with Crippen molar-refractivity contribution in [1.29, 1.82) is 0 Å². The summed E-state index contributed by atoms with van der Waals surface area (Å²) in [4.78, 5) is 23.9. The maximum Gasteiger partial charge on any atom is 0.311 e. The molecule has 2 atom stereocenters. The molecule has 2 unspecified atom stereocenters. The van der Waals surface area contributed by atoms with Crippen LogP contribution in [0.15, 0.2) is 24.3 Å². The second-order valence-corrected chi connectivity index (χ2v) is 6.41.